The highest BCUT2D eigenvalue weighted by molar-refractivity contribution is 7.90. The normalized spacial score (nSPS) is 13.5. The Morgan fingerprint density at radius 1 is 1.08 bits per heavy atom. The maximum absolute atomic E-state index is 12.8. The van der Waals surface area contributed by atoms with E-state index in [-0.39, 0.29) is 23.9 Å². The molecule has 1 aliphatic rings. The zero-order valence-corrected chi connectivity index (χ0v) is 14.3. The van der Waals surface area contributed by atoms with Crippen LogP contribution in [0.4, 0.5) is 4.39 Å². The zero-order chi connectivity index (χ0) is 17.7. The lowest BCUT2D eigenvalue weighted by Crippen LogP contribution is -2.18. The number of nitrogens with zero attached hydrogens (tertiary/aromatic N) is 1. The highest BCUT2D eigenvalue weighted by Crippen LogP contribution is 2.28. The number of fused-ring (bicyclic) bond motifs is 1. The van der Waals surface area contributed by atoms with E-state index in [2.05, 4.69) is 4.98 Å². The van der Waals surface area contributed by atoms with Crippen LogP contribution in [-0.2, 0) is 15.6 Å². The lowest BCUT2D eigenvalue weighted by Gasteiger charge is -2.17. The minimum Gasteiger partial charge on any atom is -0.494 e. The van der Waals surface area contributed by atoms with Gasteiger partial charge in [0.15, 0.2) is 15.6 Å². The molecule has 1 aromatic heterocycles. The summed E-state index contributed by atoms with van der Waals surface area (Å²) in [5, 5.41) is 0. The molecule has 0 N–H and O–H groups in total. The number of sulfone groups is 1. The summed E-state index contributed by atoms with van der Waals surface area (Å²) in [5.74, 6) is 0.831. The molecule has 0 unspecified atom stereocenters. The molecule has 25 heavy (non-hydrogen) atoms. The largest absolute Gasteiger partial charge is 0.494 e. The fourth-order valence-corrected chi connectivity index (χ4v) is 3.66. The van der Waals surface area contributed by atoms with Crippen LogP contribution in [-0.4, -0.2) is 39.0 Å². The summed E-state index contributed by atoms with van der Waals surface area (Å²) in [6.07, 6.45) is 0.338. The van der Waals surface area contributed by atoms with E-state index in [4.69, 9.17) is 14.2 Å². The van der Waals surface area contributed by atoms with Gasteiger partial charge in [-0.2, -0.15) is 0 Å². The van der Waals surface area contributed by atoms with Gasteiger partial charge in [-0.15, -0.1) is 0 Å². The summed E-state index contributed by atoms with van der Waals surface area (Å²) in [5.41, 5.74) is 0.420. The number of rotatable bonds is 7. The third-order valence-electron chi connectivity index (χ3n) is 3.51. The molecule has 0 radical (unpaired) electrons. The number of benzene rings is 1. The Kier molecular flexibility index (Phi) is 5.37. The van der Waals surface area contributed by atoms with Crippen LogP contribution in [0, 0.1) is 5.82 Å². The summed E-state index contributed by atoms with van der Waals surface area (Å²) in [7, 11) is -3.32. The van der Waals surface area contributed by atoms with Gasteiger partial charge in [-0.3, -0.25) is 0 Å². The lowest BCUT2D eigenvalue weighted by molar-refractivity contribution is 0.164. The SMILES string of the molecule is O=S(=O)(CCCOc1ccc(F)cc1)Cc1ccc2c(n1)OCCO2. The molecule has 2 heterocycles. The van der Waals surface area contributed by atoms with Gasteiger partial charge in [0, 0.05) is 0 Å². The second-order valence-electron chi connectivity index (χ2n) is 5.55. The number of hydrogen-bond acceptors (Lipinski definition) is 6. The van der Waals surface area contributed by atoms with E-state index in [1.807, 2.05) is 0 Å². The van der Waals surface area contributed by atoms with E-state index in [1.165, 1.54) is 24.3 Å². The van der Waals surface area contributed by atoms with Crippen LogP contribution < -0.4 is 14.2 Å². The summed E-state index contributed by atoms with van der Waals surface area (Å²) in [4.78, 5) is 4.19. The van der Waals surface area contributed by atoms with Gasteiger partial charge in [-0.25, -0.2) is 17.8 Å². The molecule has 0 atom stereocenters. The van der Waals surface area contributed by atoms with Gasteiger partial charge in [0.25, 0.3) is 5.88 Å². The van der Waals surface area contributed by atoms with Crippen molar-refractivity contribution in [2.24, 2.45) is 0 Å². The first-order valence-electron chi connectivity index (χ1n) is 7.86. The molecule has 0 amide bonds. The first kappa shape index (κ1) is 17.5. The van der Waals surface area contributed by atoms with E-state index in [0.29, 0.717) is 42.7 Å². The Morgan fingerprint density at radius 2 is 1.84 bits per heavy atom. The van der Waals surface area contributed by atoms with Crippen molar-refractivity contribution in [2.45, 2.75) is 12.2 Å². The average molecular weight is 367 g/mol. The Bertz CT molecular complexity index is 823. The Labute approximate surface area is 145 Å². The van der Waals surface area contributed by atoms with E-state index in [0.717, 1.165) is 0 Å². The van der Waals surface area contributed by atoms with Crippen LogP contribution in [0.2, 0.25) is 0 Å². The maximum atomic E-state index is 12.8. The molecule has 0 saturated carbocycles. The standard InChI is InChI=1S/C17H18FNO5S/c18-13-2-5-15(6-3-13)22-8-1-11-25(20,21)12-14-4-7-16-17(19-14)24-10-9-23-16/h2-7H,1,8-12H2. The summed E-state index contributed by atoms with van der Waals surface area (Å²) in [6.45, 7) is 1.09. The first-order valence-corrected chi connectivity index (χ1v) is 9.68. The van der Waals surface area contributed by atoms with Crippen molar-refractivity contribution in [1.82, 2.24) is 4.98 Å². The van der Waals surface area contributed by atoms with Crippen LogP contribution in [0.25, 0.3) is 0 Å². The lowest BCUT2D eigenvalue weighted by atomic mass is 10.3. The van der Waals surface area contributed by atoms with Crippen molar-refractivity contribution in [3.05, 3.63) is 47.9 Å². The fourth-order valence-electron chi connectivity index (χ4n) is 2.35. The molecule has 0 bridgehead atoms. The van der Waals surface area contributed by atoms with Crippen LogP contribution in [0.15, 0.2) is 36.4 Å². The Hall–Kier alpha value is -2.35. The summed E-state index contributed by atoms with van der Waals surface area (Å²) < 4.78 is 53.3. The molecule has 0 spiro atoms. The first-order chi connectivity index (χ1) is 12.0. The van der Waals surface area contributed by atoms with Crippen LogP contribution >= 0.6 is 0 Å². The quantitative estimate of drug-likeness (QED) is 0.700. The molecule has 1 aromatic carbocycles. The topological polar surface area (TPSA) is 74.7 Å². The van der Waals surface area contributed by atoms with Crippen molar-refractivity contribution in [3.63, 3.8) is 0 Å². The number of ether oxygens (including phenoxy) is 3. The van der Waals surface area contributed by atoms with Crippen LogP contribution in [0.1, 0.15) is 12.1 Å². The molecule has 8 heteroatoms. The number of hydrogen-bond donors (Lipinski definition) is 0. The molecule has 0 fully saturated rings. The predicted octanol–water partition coefficient (Wildman–Crippen LogP) is 2.38. The Morgan fingerprint density at radius 3 is 2.64 bits per heavy atom. The molecule has 0 aliphatic carbocycles. The molecular weight excluding hydrogens is 349 g/mol. The third kappa shape index (κ3) is 5.06. The van der Waals surface area contributed by atoms with Gasteiger partial charge in [-0.05, 0) is 42.8 Å². The van der Waals surface area contributed by atoms with E-state index in [1.54, 1.807) is 12.1 Å². The van der Waals surface area contributed by atoms with Gasteiger partial charge in [-0.1, -0.05) is 0 Å². The van der Waals surface area contributed by atoms with Crippen LogP contribution in [0.5, 0.6) is 17.4 Å². The van der Waals surface area contributed by atoms with Crippen molar-refractivity contribution < 1.29 is 27.0 Å². The minimum absolute atomic E-state index is 0.0235. The minimum atomic E-state index is -3.32. The van der Waals surface area contributed by atoms with Gasteiger partial charge in [0.1, 0.15) is 24.8 Å². The van der Waals surface area contributed by atoms with Gasteiger partial charge in [0.05, 0.1) is 23.8 Å². The Balaban J connectivity index is 1.49. The van der Waals surface area contributed by atoms with E-state index in [9.17, 15) is 12.8 Å². The average Bonchev–Trinajstić information content (AvgIpc) is 2.60. The molecule has 6 nitrogen and oxygen atoms in total. The summed E-state index contributed by atoms with van der Waals surface area (Å²) in [6, 6.07) is 8.88. The van der Waals surface area contributed by atoms with Crippen molar-refractivity contribution in [1.29, 1.82) is 0 Å². The van der Waals surface area contributed by atoms with Gasteiger partial charge < -0.3 is 14.2 Å². The molecular formula is C17H18FNO5S. The van der Waals surface area contributed by atoms with Crippen molar-refractivity contribution >= 4 is 9.84 Å². The number of halogens is 1. The second kappa shape index (κ2) is 7.69. The second-order valence-corrected chi connectivity index (χ2v) is 7.73. The maximum Gasteiger partial charge on any atom is 0.257 e. The number of aromatic nitrogens is 1. The number of pyridine rings is 1. The molecule has 3 rings (SSSR count). The third-order valence-corrected chi connectivity index (χ3v) is 5.16. The molecule has 1 aliphatic heterocycles. The van der Waals surface area contributed by atoms with Crippen molar-refractivity contribution in [3.8, 4) is 17.4 Å². The summed E-state index contributed by atoms with van der Waals surface area (Å²) >= 11 is 0. The highest BCUT2D eigenvalue weighted by atomic mass is 32.2. The van der Waals surface area contributed by atoms with E-state index >= 15 is 0 Å². The molecule has 0 saturated heterocycles. The predicted molar refractivity (Wildman–Crippen MR) is 89.2 cm³/mol. The monoisotopic (exact) mass is 367 g/mol. The highest BCUT2D eigenvalue weighted by Gasteiger charge is 2.17. The molecule has 2 aromatic rings. The van der Waals surface area contributed by atoms with Gasteiger partial charge >= 0.3 is 0 Å². The van der Waals surface area contributed by atoms with Crippen LogP contribution in [0.3, 0.4) is 0 Å². The van der Waals surface area contributed by atoms with Crippen molar-refractivity contribution in [2.75, 3.05) is 25.6 Å². The smallest absolute Gasteiger partial charge is 0.257 e. The zero-order valence-electron chi connectivity index (χ0n) is 13.5. The fraction of sp³-hybridized carbons (Fsp3) is 0.353. The van der Waals surface area contributed by atoms with Gasteiger partial charge in [0.2, 0.25) is 0 Å². The van der Waals surface area contributed by atoms with E-state index < -0.39 is 9.84 Å². The molecule has 134 valence electrons.